The summed E-state index contributed by atoms with van der Waals surface area (Å²) in [5.41, 5.74) is 0.510. The van der Waals surface area contributed by atoms with Gasteiger partial charge in [0.1, 0.15) is 5.60 Å². The Labute approximate surface area is 140 Å². The van der Waals surface area contributed by atoms with E-state index in [9.17, 15) is 20.1 Å². The fourth-order valence-electron chi connectivity index (χ4n) is 4.49. The second kappa shape index (κ2) is 5.44. The first-order valence-corrected chi connectivity index (χ1v) is 8.54. The summed E-state index contributed by atoms with van der Waals surface area (Å²) in [5, 5.41) is 32.1. The number of aliphatic hydroxyl groups is 2. The quantitative estimate of drug-likeness (QED) is 0.637. The van der Waals surface area contributed by atoms with Gasteiger partial charge in [-0.3, -0.25) is 4.79 Å². The Balaban J connectivity index is 1.93. The molecule has 4 rings (SSSR count). The van der Waals surface area contributed by atoms with Gasteiger partial charge in [-0.1, -0.05) is 6.07 Å². The van der Waals surface area contributed by atoms with E-state index >= 15 is 0 Å². The van der Waals surface area contributed by atoms with Gasteiger partial charge in [0.05, 0.1) is 6.10 Å². The lowest BCUT2D eigenvalue weighted by Crippen LogP contribution is -2.64. The third kappa shape index (κ3) is 2.24. The van der Waals surface area contributed by atoms with Crippen LogP contribution in [-0.2, 0) is 17.6 Å². The normalized spacial score (nSPS) is 36.1. The molecule has 0 amide bonds. The topological polar surface area (TPSA) is 90.2 Å². The van der Waals surface area contributed by atoms with Crippen molar-refractivity contribution in [2.45, 2.75) is 56.0 Å². The number of hydrogen-bond donors (Lipinski definition) is 3. The fourth-order valence-corrected chi connectivity index (χ4v) is 4.49. The highest BCUT2D eigenvalue weighted by Crippen LogP contribution is 2.43. The zero-order valence-corrected chi connectivity index (χ0v) is 13.7. The van der Waals surface area contributed by atoms with Gasteiger partial charge in [-0.05, 0) is 44.5 Å². The van der Waals surface area contributed by atoms with Gasteiger partial charge in [-0.2, -0.15) is 0 Å². The smallest absolute Gasteiger partial charge is 0.176 e. The Bertz CT molecular complexity index is 690. The van der Waals surface area contributed by atoms with Gasteiger partial charge < -0.3 is 25.0 Å². The number of nitrogens with zero attached hydrogens (tertiary/aromatic N) is 1. The fraction of sp³-hybridized carbons (Fsp3) is 0.611. The summed E-state index contributed by atoms with van der Waals surface area (Å²) in [6, 6.07) is 3.14. The lowest BCUT2D eigenvalue weighted by atomic mass is 9.72. The average molecular weight is 333 g/mol. The summed E-state index contributed by atoms with van der Waals surface area (Å²) < 4.78 is 5.91. The molecule has 0 radical (unpaired) electrons. The molecule has 0 saturated heterocycles. The van der Waals surface area contributed by atoms with Crippen LogP contribution in [0.4, 0.5) is 0 Å². The van der Waals surface area contributed by atoms with Crippen molar-refractivity contribution in [1.82, 2.24) is 4.90 Å². The van der Waals surface area contributed by atoms with Gasteiger partial charge in [0.15, 0.2) is 23.4 Å². The zero-order chi connectivity index (χ0) is 17.1. The predicted molar refractivity (Wildman–Crippen MR) is 86.2 cm³/mol. The van der Waals surface area contributed by atoms with Crippen LogP contribution in [0.2, 0.25) is 0 Å². The molecule has 2 heterocycles. The molecule has 6 nitrogen and oxygen atoms in total. The van der Waals surface area contributed by atoms with Crippen molar-refractivity contribution in [1.29, 1.82) is 0 Å². The first-order valence-electron chi connectivity index (χ1n) is 8.54. The first-order chi connectivity index (χ1) is 11.4. The molecule has 1 aromatic carbocycles. The summed E-state index contributed by atoms with van der Waals surface area (Å²) in [6.45, 7) is 0.771. The molecular formula is C18H23NO5. The molecule has 1 aromatic rings. The molecule has 24 heavy (non-hydrogen) atoms. The van der Waals surface area contributed by atoms with Crippen molar-refractivity contribution < 1.29 is 24.9 Å². The molecule has 1 saturated carbocycles. The van der Waals surface area contributed by atoms with E-state index in [-0.39, 0.29) is 30.4 Å². The first kappa shape index (κ1) is 15.9. The minimum absolute atomic E-state index is 0.0311. The Morgan fingerprint density at radius 1 is 1.33 bits per heavy atom. The third-order valence-electron chi connectivity index (χ3n) is 5.90. The lowest BCUT2D eigenvalue weighted by Gasteiger charge is -2.47. The van der Waals surface area contributed by atoms with Crippen molar-refractivity contribution >= 4 is 5.78 Å². The molecule has 2 aliphatic heterocycles. The molecule has 3 N–H and O–H groups in total. The molecular weight excluding hydrogens is 310 g/mol. The summed E-state index contributed by atoms with van der Waals surface area (Å²) in [5.74, 6) is 0.170. The molecule has 1 fully saturated rings. The van der Waals surface area contributed by atoms with Crippen molar-refractivity contribution in [2.75, 3.05) is 13.6 Å². The largest absolute Gasteiger partial charge is 0.504 e. The molecule has 6 heteroatoms. The Hall–Kier alpha value is -1.63. The highest BCUT2D eigenvalue weighted by molar-refractivity contribution is 5.85. The number of aromatic hydroxyl groups is 1. The number of carbonyl (C=O) groups is 1. The Morgan fingerprint density at radius 3 is 2.92 bits per heavy atom. The highest BCUT2D eigenvalue weighted by Gasteiger charge is 2.53. The van der Waals surface area contributed by atoms with E-state index in [0.29, 0.717) is 12.2 Å². The van der Waals surface area contributed by atoms with Crippen molar-refractivity contribution in [3.63, 3.8) is 0 Å². The van der Waals surface area contributed by atoms with Crippen LogP contribution in [0.15, 0.2) is 12.1 Å². The summed E-state index contributed by atoms with van der Waals surface area (Å²) in [6.07, 6.45) is 0.118. The molecule has 1 aliphatic carbocycles. The van der Waals surface area contributed by atoms with E-state index in [2.05, 4.69) is 4.90 Å². The summed E-state index contributed by atoms with van der Waals surface area (Å²) in [7, 11) is 1.95. The monoisotopic (exact) mass is 333 g/mol. The molecule has 1 unspecified atom stereocenters. The van der Waals surface area contributed by atoms with Crippen molar-refractivity contribution in [3.05, 3.63) is 23.3 Å². The molecule has 0 spiro atoms. The van der Waals surface area contributed by atoms with Crippen LogP contribution in [0.1, 0.15) is 30.4 Å². The van der Waals surface area contributed by atoms with E-state index in [1.165, 1.54) is 0 Å². The van der Waals surface area contributed by atoms with E-state index in [0.717, 1.165) is 30.5 Å². The van der Waals surface area contributed by atoms with Gasteiger partial charge >= 0.3 is 0 Å². The molecule has 130 valence electrons. The maximum atomic E-state index is 12.3. The summed E-state index contributed by atoms with van der Waals surface area (Å²) >= 11 is 0. The van der Waals surface area contributed by atoms with Crippen LogP contribution >= 0.6 is 0 Å². The molecule has 0 aromatic heterocycles. The number of benzene rings is 1. The van der Waals surface area contributed by atoms with Gasteiger partial charge in [-0.15, -0.1) is 0 Å². The van der Waals surface area contributed by atoms with Crippen LogP contribution in [0.3, 0.4) is 0 Å². The third-order valence-corrected chi connectivity index (χ3v) is 5.90. The maximum absolute atomic E-state index is 12.3. The standard InChI is InChI=1S/C18H23NO5/c1-19-6-2-3-11-10-4-5-12(20)17(11)24-14-9-18(23,15(19)7-10)16(22)8-13(14)21/h4-5,14-16,20,22-23H,2-3,6-9H2,1H3/t14-,15-,16?,18+/m1/s1. The van der Waals surface area contributed by atoms with Gasteiger partial charge in [0.25, 0.3) is 0 Å². The number of likely N-dealkylation sites (N-methyl/N-ethyl adjacent to an activating group) is 1. The second-order valence-electron chi connectivity index (χ2n) is 7.34. The highest BCUT2D eigenvalue weighted by atomic mass is 16.5. The predicted octanol–water partition coefficient (Wildman–Crippen LogP) is 0.397. The number of Topliss-reactive ketones (excluding diaryl/α,β-unsaturated/α-hetero) is 1. The van der Waals surface area contributed by atoms with Gasteiger partial charge in [0, 0.05) is 24.4 Å². The van der Waals surface area contributed by atoms with E-state index in [1.54, 1.807) is 6.07 Å². The van der Waals surface area contributed by atoms with Crippen LogP contribution in [0.5, 0.6) is 11.5 Å². The number of carbonyl (C=O) groups excluding carboxylic acids is 1. The minimum Gasteiger partial charge on any atom is -0.504 e. The van der Waals surface area contributed by atoms with Crippen LogP contribution in [0, 0.1) is 0 Å². The Morgan fingerprint density at radius 2 is 2.12 bits per heavy atom. The van der Waals surface area contributed by atoms with Crippen LogP contribution < -0.4 is 4.74 Å². The number of fused-ring (bicyclic) bond motifs is 4. The van der Waals surface area contributed by atoms with Gasteiger partial charge in [-0.25, -0.2) is 0 Å². The zero-order valence-electron chi connectivity index (χ0n) is 13.7. The van der Waals surface area contributed by atoms with Crippen molar-refractivity contribution in [3.8, 4) is 11.5 Å². The SMILES string of the molecule is CN1CCCc2c3ccc(O)c2O[C@@H]2C[C@@](O)(C(O)CC2=O)[C@H]1C3. The molecule has 3 aliphatic rings. The van der Waals surface area contributed by atoms with E-state index in [4.69, 9.17) is 4.74 Å². The molecule has 4 atom stereocenters. The second-order valence-corrected chi connectivity index (χ2v) is 7.34. The van der Waals surface area contributed by atoms with Crippen molar-refractivity contribution in [2.24, 2.45) is 0 Å². The number of hydrogen-bond acceptors (Lipinski definition) is 6. The minimum atomic E-state index is -1.41. The maximum Gasteiger partial charge on any atom is 0.176 e. The van der Waals surface area contributed by atoms with Gasteiger partial charge in [0.2, 0.25) is 0 Å². The Kier molecular flexibility index (Phi) is 3.60. The number of phenolic OH excluding ortho intramolecular Hbond substituents is 1. The number of ketones is 1. The average Bonchev–Trinajstić information content (AvgIpc) is 2.53. The van der Waals surface area contributed by atoms with E-state index in [1.807, 2.05) is 13.1 Å². The number of aliphatic hydroxyl groups excluding tert-OH is 1. The lowest BCUT2D eigenvalue weighted by molar-refractivity contribution is -0.171. The number of phenols is 1. The summed E-state index contributed by atoms with van der Waals surface area (Å²) in [4.78, 5) is 14.4. The number of rotatable bonds is 0. The number of ether oxygens (including phenoxy) is 1. The van der Waals surface area contributed by atoms with E-state index < -0.39 is 17.8 Å². The van der Waals surface area contributed by atoms with Crippen LogP contribution in [-0.4, -0.2) is 63.4 Å². The molecule has 6 bridgehead atoms. The van der Waals surface area contributed by atoms with Crippen LogP contribution in [0.25, 0.3) is 0 Å².